The summed E-state index contributed by atoms with van der Waals surface area (Å²) in [4.78, 5) is 12.4. The van der Waals surface area contributed by atoms with E-state index in [1.807, 2.05) is 0 Å². The quantitative estimate of drug-likeness (QED) is 0.0770. The lowest BCUT2D eigenvalue weighted by Gasteiger charge is -2.50. The molecular formula is C32H55NO26. The van der Waals surface area contributed by atoms with E-state index >= 15 is 0 Å². The predicted octanol–water partition coefficient (Wildman–Crippen LogP) is -11.8. The molecule has 0 aliphatic carbocycles. The van der Waals surface area contributed by atoms with Crippen LogP contribution in [0, 0.1) is 0 Å². The average Bonchev–Trinajstić information content (AvgIpc) is 3.21. The molecule has 27 heteroatoms. The second kappa shape index (κ2) is 20.8. The molecule has 0 aromatic rings. The molecule has 5 rings (SSSR count). The van der Waals surface area contributed by atoms with Gasteiger partial charge in [-0.2, -0.15) is 0 Å². The molecule has 5 aliphatic rings. The third-order valence-corrected chi connectivity index (χ3v) is 10.7. The predicted molar refractivity (Wildman–Crippen MR) is 178 cm³/mol. The molecule has 0 aromatic heterocycles. The molecule has 59 heavy (non-hydrogen) atoms. The first-order valence-corrected chi connectivity index (χ1v) is 18.6. The third-order valence-electron chi connectivity index (χ3n) is 10.7. The third kappa shape index (κ3) is 10.2. The molecule has 0 spiro atoms. The van der Waals surface area contributed by atoms with E-state index in [0.717, 1.165) is 6.92 Å². The Morgan fingerprint density at radius 2 is 0.780 bits per heavy atom. The van der Waals surface area contributed by atoms with Crippen LogP contribution in [0.25, 0.3) is 0 Å². The van der Waals surface area contributed by atoms with Crippen LogP contribution in [0.3, 0.4) is 0 Å². The Hall–Kier alpha value is -1.53. The highest BCUT2D eigenvalue weighted by Gasteiger charge is 2.57. The maximum atomic E-state index is 12.4. The number of aliphatic hydroxyl groups is 16. The van der Waals surface area contributed by atoms with Gasteiger partial charge >= 0.3 is 0 Å². The number of carbonyl (C=O) groups excluding carboxylic acids is 1. The van der Waals surface area contributed by atoms with Gasteiger partial charge in [-0.1, -0.05) is 0 Å². The van der Waals surface area contributed by atoms with Crippen LogP contribution in [0.2, 0.25) is 0 Å². The van der Waals surface area contributed by atoms with Crippen molar-refractivity contribution in [1.82, 2.24) is 5.32 Å². The molecule has 17 N–H and O–H groups in total. The summed E-state index contributed by atoms with van der Waals surface area (Å²) in [6.07, 6.45) is -44.8. The van der Waals surface area contributed by atoms with E-state index in [-0.39, 0.29) is 0 Å². The summed E-state index contributed by atoms with van der Waals surface area (Å²) in [5.41, 5.74) is 0. The van der Waals surface area contributed by atoms with Crippen molar-refractivity contribution in [3.8, 4) is 0 Å². The Balaban J connectivity index is 1.39. The second-order valence-electron chi connectivity index (χ2n) is 14.7. The van der Waals surface area contributed by atoms with E-state index in [1.165, 1.54) is 0 Å². The molecule has 5 aliphatic heterocycles. The van der Waals surface area contributed by atoms with Crippen LogP contribution in [-0.2, 0) is 47.4 Å². The summed E-state index contributed by atoms with van der Waals surface area (Å²) in [7, 11) is 0. The largest absolute Gasteiger partial charge is 0.394 e. The smallest absolute Gasteiger partial charge is 0.217 e. The molecular weight excluding hydrogens is 814 g/mol. The summed E-state index contributed by atoms with van der Waals surface area (Å²) >= 11 is 0. The Bertz CT molecular complexity index is 1320. The summed E-state index contributed by atoms with van der Waals surface area (Å²) in [6, 6.07) is -1.68. The van der Waals surface area contributed by atoms with Crippen molar-refractivity contribution in [1.29, 1.82) is 0 Å². The van der Waals surface area contributed by atoms with E-state index in [0.29, 0.717) is 0 Å². The number of hydrogen-bond donors (Lipinski definition) is 17. The summed E-state index contributed by atoms with van der Waals surface area (Å²) in [6.45, 7) is -3.60. The van der Waals surface area contributed by atoms with Crippen LogP contribution >= 0.6 is 0 Å². The number of rotatable bonds is 14. The highest BCUT2D eigenvalue weighted by Crippen LogP contribution is 2.36. The van der Waals surface area contributed by atoms with Gasteiger partial charge in [0.2, 0.25) is 5.91 Å². The Labute approximate surface area is 333 Å². The zero-order chi connectivity index (χ0) is 43.6. The minimum Gasteiger partial charge on any atom is -0.394 e. The van der Waals surface area contributed by atoms with Gasteiger partial charge in [0.25, 0.3) is 0 Å². The van der Waals surface area contributed by atoms with Crippen LogP contribution in [0.4, 0.5) is 0 Å². The van der Waals surface area contributed by atoms with Gasteiger partial charge in [-0.05, 0) is 0 Å². The lowest BCUT2D eigenvalue weighted by Crippen LogP contribution is -2.70. The van der Waals surface area contributed by atoms with Crippen molar-refractivity contribution < 1.29 is 129 Å². The van der Waals surface area contributed by atoms with Crippen LogP contribution in [-0.4, -0.2) is 274 Å². The first kappa shape index (κ1) is 48.5. The maximum Gasteiger partial charge on any atom is 0.217 e. The van der Waals surface area contributed by atoms with E-state index in [2.05, 4.69) is 5.32 Å². The van der Waals surface area contributed by atoms with Crippen molar-refractivity contribution in [2.45, 2.75) is 160 Å². The fraction of sp³-hybridized carbons (Fsp3) is 0.969. The van der Waals surface area contributed by atoms with E-state index in [1.54, 1.807) is 0 Å². The van der Waals surface area contributed by atoms with Gasteiger partial charge in [0.05, 0.1) is 33.0 Å². The summed E-state index contributed by atoms with van der Waals surface area (Å²) < 4.78 is 50.1. The average molecular weight is 870 g/mol. The van der Waals surface area contributed by atoms with Gasteiger partial charge < -0.3 is 130 Å². The molecule has 25 atom stereocenters. The minimum absolute atomic E-state index is 0.812. The van der Waals surface area contributed by atoms with Crippen molar-refractivity contribution in [3.63, 3.8) is 0 Å². The Morgan fingerprint density at radius 1 is 0.407 bits per heavy atom. The topological polar surface area (TPSA) is 436 Å². The van der Waals surface area contributed by atoms with Gasteiger partial charge in [-0.25, -0.2) is 0 Å². The zero-order valence-corrected chi connectivity index (χ0v) is 31.2. The zero-order valence-electron chi connectivity index (χ0n) is 31.2. The van der Waals surface area contributed by atoms with Gasteiger partial charge in [-0.15, -0.1) is 0 Å². The van der Waals surface area contributed by atoms with Gasteiger partial charge in [0.1, 0.15) is 122 Å². The van der Waals surface area contributed by atoms with Crippen molar-refractivity contribution in [2.75, 3.05) is 33.0 Å². The van der Waals surface area contributed by atoms with Crippen molar-refractivity contribution in [3.05, 3.63) is 0 Å². The number of amides is 1. The molecule has 344 valence electrons. The first-order chi connectivity index (χ1) is 27.9. The SMILES string of the molecule is CC(=O)N[C@H]1[C@H](O[C@H]2[C@@H](O)[C@@H](CO)O[C@H](O[C@H]3[C@@H](O)[C@@H](CO)O[C@@H](O[C@H]4[C@H](O)[C@@H](O)[C@H](O)O[C@@H]4CO)[C@@H]3O)[C@@H]2O)O[C@H](CO)[C@H](O)[C@@H]1O[C@@H]1O[C@H](CO)[C@H](O)[C@H](O)[C@H]1O. The lowest BCUT2D eigenvalue weighted by molar-refractivity contribution is -0.389. The molecule has 0 unspecified atom stereocenters. The Kier molecular flexibility index (Phi) is 17.1. The minimum atomic E-state index is -2.18. The highest BCUT2D eigenvalue weighted by molar-refractivity contribution is 5.73. The van der Waals surface area contributed by atoms with Crippen LogP contribution < -0.4 is 5.32 Å². The van der Waals surface area contributed by atoms with E-state index < -0.39 is 192 Å². The molecule has 5 heterocycles. The normalized spacial score (nSPS) is 51.0. The molecule has 0 saturated carbocycles. The maximum absolute atomic E-state index is 12.4. The highest BCUT2D eigenvalue weighted by atomic mass is 16.8. The van der Waals surface area contributed by atoms with Crippen molar-refractivity contribution >= 4 is 5.91 Å². The molecule has 0 bridgehead atoms. The monoisotopic (exact) mass is 869 g/mol. The Morgan fingerprint density at radius 3 is 1.24 bits per heavy atom. The lowest BCUT2D eigenvalue weighted by atomic mass is 9.94. The number of hydrogen-bond acceptors (Lipinski definition) is 26. The van der Waals surface area contributed by atoms with Crippen LogP contribution in [0.15, 0.2) is 0 Å². The number of nitrogens with one attached hydrogen (secondary N) is 1. The molecule has 5 saturated heterocycles. The molecule has 0 radical (unpaired) electrons. The number of carbonyl (C=O) groups is 1. The van der Waals surface area contributed by atoms with Gasteiger partial charge in [0.15, 0.2) is 31.5 Å². The molecule has 1 amide bonds. The van der Waals surface area contributed by atoms with Gasteiger partial charge in [-0.3, -0.25) is 4.79 Å². The van der Waals surface area contributed by atoms with E-state index in [4.69, 9.17) is 42.6 Å². The summed E-state index contributed by atoms with van der Waals surface area (Å²) in [5, 5.41) is 170. The fourth-order valence-corrected chi connectivity index (χ4v) is 7.42. The first-order valence-electron chi connectivity index (χ1n) is 18.6. The molecule has 0 aromatic carbocycles. The summed E-state index contributed by atoms with van der Waals surface area (Å²) in [5.74, 6) is -0.812. The number of ether oxygens (including phenoxy) is 9. The van der Waals surface area contributed by atoms with E-state index in [9.17, 15) is 86.5 Å². The fourth-order valence-electron chi connectivity index (χ4n) is 7.42. The standard InChI is InChI=1S/C32H55NO26/c1-7(39)33-13-25(57-30-21(47)18(44)14(40)8(2-34)53-30)15(41)9(3-35)52-29(13)58-26-16(42)10(4-36)55-32(22(26)48)59-27-17(43)11(5-37)54-31(23(27)49)56-24-12(6-38)51-28(50)20(46)19(24)45/h8-32,34-38,40-50H,2-6H2,1H3,(H,33,39)/t8-,9-,10-,11-,12-,13-,14+,15+,16+,17+,18+,19-,20-,21-,22-,23-,24-,25-,26+,27+,28-,29+,30+,31+,32-/m1/s1. The van der Waals surface area contributed by atoms with Crippen LogP contribution in [0.5, 0.6) is 0 Å². The second-order valence-corrected chi connectivity index (χ2v) is 14.7. The van der Waals surface area contributed by atoms with Gasteiger partial charge in [0, 0.05) is 6.92 Å². The van der Waals surface area contributed by atoms with Crippen LogP contribution in [0.1, 0.15) is 6.92 Å². The number of aliphatic hydroxyl groups excluding tert-OH is 16. The molecule has 5 fully saturated rings. The molecule has 27 nitrogen and oxygen atoms in total. The van der Waals surface area contributed by atoms with Crippen molar-refractivity contribution in [2.24, 2.45) is 0 Å².